The van der Waals surface area contributed by atoms with Crippen molar-refractivity contribution in [1.29, 1.82) is 0 Å². The van der Waals surface area contributed by atoms with Gasteiger partial charge in [-0.1, -0.05) is 6.92 Å². The van der Waals surface area contributed by atoms with Gasteiger partial charge in [0.2, 0.25) is 5.91 Å². The molecule has 0 saturated carbocycles. The number of aliphatic hydroxyl groups is 1. The number of rotatable bonds is 7. The SMILES string of the molecule is CC(O)CC(C)CNC(=O)C(C)OCC(F)(F)F. The van der Waals surface area contributed by atoms with Gasteiger partial charge in [0, 0.05) is 6.54 Å². The maximum Gasteiger partial charge on any atom is 0.411 e. The number of halogens is 3. The lowest BCUT2D eigenvalue weighted by molar-refractivity contribution is -0.185. The third-order valence-corrected chi connectivity index (χ3v) is 2.23. The van der Waals surface area contributed by atoms with E-state index in [0.717, 1.165) is 0 Å². The Morgan fingerprint density at radius 2 is 1.89 bits per heavy atom. The van der Waals surface area contributed by atoms with Crippen molar-refractivity contribution in [2.75, 3.05) is 13.2 Å². The van der Waals surface area contributed by atoms with Crippen LogP contribution in [-0.2, 0) is 9.53 Å². The van der Waals surface area contributed by atoms with Crippen molar-refractivity contribution in [3.8, 4) is 0 Å². The number of aliphatic hydroxyl groups excluding tert-OH is 1. The van der Waals surface area contributed by atoms with Crippen molar-refractivity contribution in [3.05, 3.63) is 0 Å². The van der Waals surface area contributed by atoms with Crippen LogP contribution < -0.4 is 5.32 Å². The lowest BCUT2D eigenvalue weighted by atomic mass is 10.0. The number of hydrogen-bond donors (Lipinski definition) is 2. The van der Waals surface area contributed by atoms with Crippen molar-refractivity contribution < 1.29 is 27.8 Å². The minimum atomic E-state index is -4.44. The largest absolute Gasteiger partial charge is 0.411 e. The summed E-state index contributed by atoms with van der Waals surface area (Å²) in [6.07, 6.45) is -5.55. The summed E-state index contributed by atoms with van der Waals surface area (Å²) in [5, 5.41) is 11.6. The van der Waals surface area contributed by atoms with Crippen LogP contribution in [0.15, 0.2) is 0 Å². The van der Waals surface area contributed by atoms with Crippen LogP contribution in [0.1, 0.15) is 27.2 Å². The van der Waals surface area contributed by atoms with Gasteiger partial charge in [-0.05, 0) is 26.2 Å². The van der Waals surface area contributed by atoms with E-state index in [1.165, 1.54) is 6.92 Å². The maximum absolute atomic E-state index is 11.9. The first-order valence-corrected chi connectivity index (χ1v) is 5.76. The molecule has 0 bridgehead atoms. The summed E-state index contributed by atoms with van der Waals surface area (Å²) in [5.41, 5.74) is 0. The topological polar surface area (TPSA) is 58.6 Å². The molecule has 0 fully saturated rings. The molecule has 0 spiro atoms. The van der Waals surface area contributed by atoms with E-state index in [4.69, 9.17) is 5.11 Å². The van der Waals surface area contributed by atoms with Crippen LogP contribution in [0.2, 0.25) is 0 Å². The average Bonchev–Trinajstić information content (AvgIpc) is 2.20. The molecule has 7 heteroatoms. The molecule has 0 aliphatic heterocycles. The number of ether oxygens (including phenoxy) is 1. The van der Waals surface area contributed by atoms with E-state index in [9.17, 15) is 18.0 Å². The van der Waals surface area contributed by atoms with Gasteiger partial charge in [0.1, 0.15) is 12.7 Å². The molecule has 1 amide bonds. The second-order valence-electron chi connectivity index (χ2n) is 4.50. The molecule has 18 heavy (non-hydrogen) atoms. The van der Waals surface area contributed by atoms with Gasteiger partial charge >= 0.3 is 6.18 Å². The van der Waals surface area contributed by atoms with Gasteiger partial charge in [0.05, 0.1) is 6.10 Å². The Balaban J connectivity index is 3.88. The van der Waals surface area contributed by atoms with E-state index in [1.807, 2.05) is 6.92 Å². The first-order valence-electron chi connectivity index (χ1n) is 5.76. The summed E-state index contributed by atoms with van der Waals surface area (Å²) in [6.45, 7) is 3.58. The van der Waals surface area contributed by atoms with E-state index in [-0.39, 0.29) is 5.92 Å². The number of hydrogen-bond acceptors (Lipinski definition) is 3. The predicted molar refractivity (Wildman–Crippen MR) is 59.9 cm³/mol. The minimum Gasteiger partial charge on any atom is -0.393 e. The Morgan fingerprint density at radius 3 is 2.33 bits per heavy atom. The Kier molecular flexibility index (Phi) is 7.23. The molecule has 3 atom stereocenters. The second-order valence-corrected chi connectivity index (χ2v) is 4.50. The fourth-order valence-corrected chi connectivity index (χ4v) is 1.38. The van der Waals surface area contributed by atoms with Crippen LogP contribution in [0.5, 0.6) is 0 Å². The Labute approximate surface area is 105 Å². The molecule has 108 valence electrons. The highest BCUT2D eigenvalue weighted by Crippen LogP contribution is 2.15. The van der Waals surface area contributed by atoms with E-state index in [1.54, 1.807) is 6.92 Å². The summed E-state index contributed by atoms with van der Waals surface area (Å²) >= 11 is 0. The second kappa shape index (κ2) is 7.58. The Hall–Kier alpha value is -0.820. The summed E-state index contributed by atoms with van der Waals surface area (Å²) in [5.74, 6) is -0.541. The standard InChI is InChI=1S/C11H20F3NO3/c1-7(4-8(2)16)5-15-10(17)9(3)18-6-11(12,13)14/h7-9,16H,4-6H2,1-3H3,(H,15,17). The molecule has 4 nitrogen and oxygen atoms in total. The predicted octanol–water partition coefficient (Wildman–Crippen LogP) is 1.48. The molecular weight excluding hydrogens is 251 g/mol. The van der Waals surface area contributed by atoms with Crippen molar-refractivity contribution in [2.45, 2.75) is 45.6 Å². The quantitative estimate of drug-likeness (QED) is 0.737. The summed E-state index contributed by atoms with van der Waals surface area (Å²) < 4.78 is 40.0. The zero-order valence-corrected chi connectivity index (χ0v) is 10.8. The smallest absolute Gasteiger partial charge is 0.393 e. The van der Waals surface area contributed by atoms with Gasteiger partial charge in [0.15, 0.2) is 0 Å². The summed E-state index contributed by atoms with van der Waals surface area (Å²) in [7, 11) is 0. The molecule has 0 aromatic heterocycles. The average molecular weight is 271 g/mol. The number of carbonyl (C=O) groups is 1. The van der Waals surface area contributed by atoms with Crippen LogP contribution in [0, 0.1) is 5.92 Å². The van der Waals surface area contributed by atoms with E-state index >= 15 is 0 Å². The van der Waals surface area contributed by atoms with Crippen LogP contribution in [0.4, 0.5) is 13.2 Å². The Morgan fingerprint density at radius 1 is 1.33 bits per heavy atom. The highest BCUT2D eigenvalue weighted by molar-refractivity contribution is 5.80. The zero-order chi connectivity index (χ0) is 14.3. The molecule has 0 aliphatic carbocycles. The van der Waals surface area contributed by atoms with Gasteiger partial charge in [-0.15, -0.1) is 0 Å². The molecule has 0 heterocycles. The third-order valence-electron chi connectivity index (χ3n) is 2.23. The molecule has 0 radical (unpaired) electrons. The highest BCUT2D eigenvalue weighted by Gasteiger charge is 2.29. The van der Waals surface area contributed by atoms with E-state index in [0.29, 0.717) is 13.0 Å². The third kappa shape index (κ3) is 9.23. The van der Waals surface area contributed by atoms with E-state index < -0.39 is 30.9 Å². The van der Waals surface area contributed by atoms with Crippen LogP contribution >= 0.6 is 0 Å². The number of carbonyl (C=O) groups excluding carboxylic acids is 1. The van der Waals surface area contributed by atoms with Gasteiger partial charge in [-0.25, -0.2) is 0 Å². The zero-order valence-electron chi connectivity index (χ0n) is 10.8. The molecule has 0 aliphatic rings. The number of alkyl halides is 3. The van der Waals surface area contributed by atoms with Gasteiger partial charge < -0.3 is 15.2 Å². The molecule has 2 N–H and O–H groups in total. The maximum atomic E-state index is 11.9. The molecular formula is C11H20F3NO3. The minimum absolute atomic E-state index is 0.0452. The summed E-state index contributed by atoms with van der Waals surface area (Å²) in [4.78, 5) is 11.4. The van der Waals surface area contributed by atoms with Gasteiger partial charge in [-0.3, -0.25) is 4.79 Å². The molecule has 0 aromatic rings. The lowest BCUT2D eigenvalue weighted by Crippen LogP contribution is -2.38. The first kappa shape index (κ1) is 17.2. The van der Waals surface area contributed by atoms with Crippen molar-refractivity contribution in [2.24, 2.45) is 5.92 Å². The van der Waals surface area contributed by atoms with Crippen LogP contribution in [0.3, 0.4) is 0 Å². The molecule has 0 aromatic carbocycles. The van der Waals surface area contributed by atoms with Crippen molar-refractivity contribution in [1.82, 2.24) is 5.32 Å². The fraction of sp³-hybridized carbons (Fsp3) is 0.909. The van der Waals surface area contributed by atoms with Crippen molar-refractivity contribution >= 4 is 5.91 Å². The number of amides is 1. The van der Waals surface area contributed by atoms with Gasteiger partial charge in [-0.2, -0.15) is 13.2 Å². The molecule has 0 saturated heterocycles. The summed E-state index contributed by atoms with van der Waals surface area (Å²) in [6, 6.07) is 0. The lowest BCUT2D eigenvalue weighted by Gasteiger charge is -2.17. The van der Waals surface area contributed by atoms with Crippen molar-refractivity contribution in [3.63, 3.8) is 0 Å². The van der Waals surface area contributed by atoms with Gasteiger partial charge in [0.25, 0.3) is 0 Å². The molecule has 0 rings (SSSR count). The first-order chi connectivity index (χ1) is 8.11. The van der Waals surface area contributed by atoms with Crippen LogP contribution in [-0.4, -0.2) is 42.5 Å². The molecule has 3 unspecified atom stereocenters. The Bertz CT molecular complexity index is 256. The van der Waals surface area contributed by atoms with Crippen LogP contribution in [0.25, 0.3) is 0 Å². The number of nitrogens with one attached hydrogen (secondary N) is 1. The fourth-order valence-electron chi connectivity index (χ4n) is 1.38. The normalized spacial score (nSPS) is 17.1. The monoisotopic (exact) mass is 271 g/mol. The highest BCUT2D eigenvalue weighted by atomic mass is 19.4. The van der Waals surface area contributed by atoms with E-state index in [2.05, 4.69) is 10.1 Å².